The summed E-state index contributed by atoms with van der Waals surface area (Å²) in [7, 11) is 0. The lowest BCUT2D eigenvalue weighted by atomic mass is 9.49. The fourth-order valence-electron chi connectivity index (χ4n) is 5.53. The second-order valence-electron chi connectivity index (χ2n) is 7.74. The van der Waals surface area contributed by atoms with E-state index in [-0.39, 0.29) is 17.5 Å². The first-order valence-corrected chi connectivity index (χ1v) is 8.64. The van der Waals surface area contributed by atoms with Crippen LogP contribution in [0.3, 0.4) is 0 Å². The zero-order valence-corrected chi connectivity index (χ0v) is 13.0. The zero-order chi connectivity index (χ0) is 15.2. The summed E-state index contributed by atoms with van der Waals surface area (Å²) < 4.78 is 5.91. The molecule has 0 aliphatic heterocycles. The third-order valence-corrected chi connectivity index (χ3v) is 6.11. The van der Waals surface area contributed by atoms with Crippen LogP contribution in [0.5, 0.6) is 0 Å². The van der Waals surface area contributed by atoms with Crippen molar-refractivity contribution in [3.05, 3.63) is 35.9 Å². The van der Waals surface area contributed by atoms with Gasteiger partial charge in [0.25, 0.3) is 0 Å². The zero-order valence-electron chi connectivity index (χ0n) is 13.0. The number of hydrogen-bond donors (Lipinski definition) is 1. The van der Waals surface area contributed by atoms with E-state index in [9.17, 15) is 4.79 Å². The van der Waals surface area contributed by atoms with Crippen molar-refractivity contribution >= 4 is 5.97 Å². The number of nitrogens with two attached hydrogens (primary N) is 1. The number of ether oxygens (including phenoxy) is 1. The number of carbonyl (C=O) groups is 1. The lowest BCUT2D eigenvalue weighted by molar-refractivity contribution is -0.177. The molecule has 1 aromatic rings. The molecule has 4 aliphatic carbocycles. The summed E-state index contributed by atoms with van der Waals surface area (Å²) >= 11 is 0. The molecular formula is C19H25NO2. The van der Waals surface area contributed by atoms with Crippen molar-refractivity contribution in [2.24, 2.45) is 28.9 Å². The van der Waals surface area contributed by atoms with Crippen LogP contribution in [-0.4, -0.2) is 12.5 Å². The SMILES string of the molecule is NCC(OC(=O)C12CC3CC(CC(C3)C1)C2)c1ccccc1. The minimum Gasteiger partial charge on any atom is -0.456 e. The molecule has 0 amide bonds. The topological polar surface area (TPSA) is 52.3 Å². The molecule has 4 fully saturated rings. The summed E-state index contributed by atoms with van der Waals surface area (Å²) in [4.78, 5) is 13.0. The lowest BCUT2D eigenvalue weighted by Crippen LogP contribution is -2.51. The molecule has 1 unspecified atom stereocenters. The van der Waals surface area contributed by atoms with Gasteiger partial charge in [0.05, 0.1) is 5.41 Å². The van der Waals surface area contributed by atoms with E-state index in [2.05, 4.69) is 0 Å². The highest BCUT2D eigenvalue weighted by Crippen LogP contribution is 2.60. The largest absolute Gasteiger partial charge is 0.456 e. The van der Waals surface area contributed by atoms with E-state index in [1.807, 2.05) is 30.3 Å². The number of rotatable bonds is 4. The van der Waals surface area contributed by atoms with Gasteiger partial charge in [0.2, 0.25) is 0 Å². The summed E-state index contributed by atoms with van der Waals surface area (Å²) in [6.07, 6.45) is 6.85. The molecule has 118 valence electrons. The Labute approximate surface area is 132 Å². The maximum Gasteiger partial charge on any atom is 0.312 e. The van der Waals surface area contributed by atoms with Crippen molar-refractivity contribution in [1.82, 2.24) is 0 Å². The molecule has 2 N–H and O–H groups in total. The van der Waals surface area contributed by atoms with Crippen LogP contribution in [0.2, 0.25) is 0 Å². The first kappa shape index (κ1) is 14.3. The Hall–Kier alpha value is -1.35. The summed E-state index contributed by atoms with van der Waals surface area (Å²) in [6.45, 7) is 0.349. The Morgan fingerprint density at radius 2 is 1.64 bits per heavy atom. The monoisotopic (exact) mass is 299 g/mol. The average molecular weight is 299 g/mol. The van der Waals surface area contributed by atoms with Crippen LogP contribution in [0.15, 0.2) is 30.3 Å². The molecule has 0 spiro atoms. The average Bonchev–Trinajstić information content (AvgIpc) is 2.52. The second kappa shape index (κ2) is 5.38. The van der Waals surface area contributed by atoms with Gasteiger partial charge in [-0.1, -0.05) is 30.3 Å². The van der Waals surface area contributed by atoms with Crippen molar-refractivity contribution in [2.45, 2.75) is 44.6 Å². The molecule has 3 nitrogen and oxygen atoms in total. The summed E-state index contributed by atoms with van der Waals surface area (Å²) in [6, 6.07) is 9.89. The maximum atomic E-state index is 13.0. The Morgan fingerprint density at radius 3 is 2.14 bits per heavy atom. The predicted molar refractivity (Wildman–Crippen MR) is 84.9 cm³/mol. The molecule has 1 aromatic carbocycles. The molecule has 0 aromatic heterocycles. The van der Waals surface area contributed by atoms with Gasteiger partial charge in [0.15, 0.2) is 0 Å². The van der Waals surface area contributed by atoms with Crippen LogP contribution < -0.4 is 5.73 Å². The van der Waals surface area contributed by atoms with Crippen molar-refractivity contribution in [3.8, 4) is 0 Å². The highest BCUT2D eigenvalue weighted by atomic mass is 16.5. The third-order valence-electron chi connectivity index (χ3n) is 6.11. The standard InChI is InChI=1S/C19H25NO2/c20-12-17(16-4-2-1-3-5-16)22-18(21)19-9-13-6-14(10-19)8-15(7-13)11-19/h1-5,13-15,17H,6-12,20H2. The first-order valence-electron chi connectivity index (χ1n) is 8.64. The summed E-state index contributed by atoms with van der Waals surface area (Å²) in [5.41, 5.74) is 6.67. The van der Waals surface area contributed by atoms with Crippen LogP contribution in [-0.2, 0) is 9.53 Å². The Bertz CT molecular complexity index is 519. The van der Waals surface area contributed by atoms with Crippen LogP contribution >= 0.6 is 0 Å². The summed E-state index contributed by atoms with van der Waals surface area (Å²) in [5.74, 6) is 2.29. The minimum absolute atomic E-state index is 0.0194. The van der Waals surface area contributed by atoms with Crippen molar-refractivity contribution < 1.29 is 9.53 Å². The Balaban J connectivity index is 1.52. The minimum atomic E-state index is -0.304. The molecule has 1 atom stereocenters. The van der Waals surface area contributed by atoms with Crippen LogP contribution in [0.4, 0.5) is 0 Å². The van der Waals surface area contributed by atoms with Crippen molar-refractivity contribution in [3.63, 3.8) is 0 Å². The van der Waals surface area contributed by atoms with Gasteiger partial charge in [0.1, 0.15) is 6.10 Å². The predicted octanol–water partition coefficient (Wildman–Crippen LogP) is 3.45. The molecular weight excluding hydrogens is 274 g/mol. The normalized spacial score (nSPS) is 37.0. The van der Waals surface area contributed by atoms with Gasteiger partial charge in [-0.05, 0) is 61.8 Å². The van der Waals surface area contributed by atoms with E-state index in [4.69, 9.17) is 10.5 Å². The Morgan fingerprint density at radius 1 is 1.09 bits per heavy atom. The fraction of sp³-hybridized carbons (Fsp3) is 0.632. The van der Waals surface area contributed by atoms with Gasteiger partial charge >= 0.3 is 5.97 Å². The van der Waals surface area contributed by atoms with E-state index >= 15 is 0 Å². The first-order chi connectivity index (χ1) is 10.7. The van der Waals surface area contributed by atoms with Gasteiger partial charge in [-0.15, -0.1) is 0 Å². The number of carbonyl (C=O) groups excluding carboxylic acids is 1. The molecule has 3 heteroatoms. The van der Waals surface area contributed by atoms with Gasteiger partial charge < -0.3 is 10.5 Å². The van der Waals surface area contributed by atoms with Crippen LogP contribution in [0, 0.1) is 23.2 Å². The molecule has 4 bridgehead atoms. The van der Waals surface area contributed by atoms with E-state index in [0.717, 1.165) is 42.6 Å². The quantitative estimate of drug-likeness (QED) is 0.866. The molecule has 0 radical (unpaired) electrons. The molecule has 4 aliphatic rings. The van der Waals surface area contributed by atoms with Crippen LogP contribution in [0.1, 0.15) is 50.2 Å². The fourth-order valence-corrected chi connectivity index (χ4v) is 5.53. The number of esters is 1. The lowest BCUT2D eigenvalue weighted by Gasteiger charge is -2.55. The van der Waals surface area contributed by atoms with Crippen molar-refractivity contribution in [1.29, 1.82) is 0 Å². The number of benzene rings is 1. The van der Waals surface area contributed by atoms with E-state index in [1.165, 1.54) is 19.3 Å². The second-order valence-corrected chi connectivity index (χ2v) is 7.74. The van der Waals surface area contributed by atoms with Gasteiger partial charge in [-0.25, -0.2) is 0 Å². The van der Waals surface area contributed by atoms with E-state index in [1.54, 1.807) is 0 Å². The maximum absolute atomic E-state index is 13.0. The highest BCUT2D eigenvalue weighted by Gasteiger charge is 2.55. The van der Waals surface area contributed by atoms with E-state index < -0.39 is 0 Å². The number of hydrogen-bond acceptors (Lipinski definition) is 3. The molecule has 22 heavy (non-hydrogen) atoms. The molecule has 5 rings (SSSR count). The smallest absolute Gasteiger partial charge is 0.312 e. The van der Waals surface area contributed by atoms with Gasteiger partial charge in [-0.3, -0.25) is 4.79 Å². The summed E-state index contributed by atoms with van der Waals surface area (Å²) in [5, 5.41) is 0. The highest BCUT2D eigenvalue weighted by molar-refractivity contribution is 5.78. The van der Waals surface area contributed by atoms with Crippen LogP contribution in [0.25, 0.3) is 0 Å². The van der Waals surface area contributed by atoms with Gasteiger partial charge in [0, 0.05) is 6.54 Å². The van der Waals surface area contributed by atoms with E-state index in [0.29, 0.717) is 6.54 Å². The van der Waals surface area contributed by atoms with Gasteiger partial charge in [-0.2, -0.15) is 0 Å². The molecule has 4 saturated carbocycles. The Kier molecular flexibility index (Phi) is 3.48. The van der Waals surface area contributed by atoms with Crippen molar-refractivity contribution in [2.75, 3.05) is 6.54 Å². The molecule has 0 saturated heterocycles. The molecule has 0 heterocycles. The third kappa shape index (κ3) is 2.36.